The first-order valence-corrected chi connectivity index (χ1v) is 5.52. The summed E-state index contributed by atoms with van der Waals surface area (Å²) in [6.07, 6.45) is 2.23. The number of carboxylic acid groups (broad SMARTS) is 1. The number of hydrogen-bond donors (Lipinski definition) is 3. The van der Waals surface area contributed by atoms with E-state index in [1.165, 1.54) is 12.1 Å². The fourth-order valence-electron chi connectivity index (χ4n) is 1.66. The Bertz CT molecular complexity index is 432. The highest BCUT2D eigenvalue weighted by Gasteiger charge is 2.26. The minimum atomic E-state index is -1.05. The molecule has 0 aromatic heterocycles. The number of carboxylic acids is 1. The van der Waals surface area contributed by atoms with Gasteiger partial charge in [-0.1, -0.05) is 6.07 Å². The Balaban J connectivity index is 2.12. The Morgan fingerprint density at radius 1 is 1.53 bits per heavy atom. The van der Waals surface area contributed by atoms with Crippen LogP contribution in [0.4, 0.5) is 4.39 Å². The number of aliphatic carboxylic acids is 1. The number of phenolic OH excluding ortho intramolecular Hbond substituents is 1. The zero-order chi connectivity index (χ0) is 12.4. The molecule has 0 radical (unpaired) electrons. The number of hydrogen-bond acceptors (Lipinski definition) is 3. The predicted octanol–water partition coefficient (Wildman–Crippen LogP) is 1.66. The Morgan fingerprint density at radius 3 is 2.76 bits per heavy atom. The van der Waals surface area contributed by atoms with Gasteiger partial charge in [0, 0.05) is 0 Å². The molecule has 0 spiro atoms. The van der Waals surface area contributed by atoms with Crippen molar-refractivity contribution in [2.45, 2.75) is 18.9 Å². The van der Waals surface area contributed by atoms with E-state index in [1.807, 2.05) is 0 Å². The molecule has 3 N–H and O–H groups in total. The molecular formula is C12H14FNO3. The molecule has 0 amide bonds. The molecule has 1 aromatic rings. The highest BCUT2D eigenvalue weighted by molar-refractivity contribution is 5.75. The average molecular weight is 239 g/mol. The molecule has 1 saturated carbocycles. The van der Waals surface area contributed by atoms with Crippen molar-refractivity contribution < 1.29 is 19.4 Å². The van der Waals surface area contributed by atoms with Gasteiger partial charge in [0.05, 0.1) is 0 Å². The third-order valence-electron chi connectivity index (χ3n) is 2.86. The number of aromatic hydroxyl groups is 1. The molecule has 4 nitrogen and oxygen atoms in total. The summed E-state index contributed by atoms with van der Waals surface area (Å²) >= 11 is 0. The second kappa shape index (κ2) is 4.71. The molecule has 0 heterocycles. The third kappa shape index (κ3) is 2.94. The normalized spacial score (nSPS) is 16.8. The van der Waals surface area contributed by atoms with Gasteiger partial charge in [0.2, 0.25) is 0 Å². The van der Waals surface area contributed by atoms with Gasteiger partial charge in [-0.25, -0.2) is 4.39 Å². The van der Waals surface area contributed by atoms with Crippen LogP contribution in [0.15, 0.2) is 18.2 Å². The molecule has 1 unspecified atom stereocenters. The summed E-state index contributed by atoms with van der Waals surface area (Å²) in [5.74, 6) is -1.78. The molecule has 2 rings (SSSR count). The summed E-state index contributed by atoms with van der Waals surface area (Å²) in [5.41, 5.74) is 0.313. The number of halogens is 1. The number of phenols is 1. The molecule has 1 fully saturated rings. The van der Waals surface area contributed by atoms with E-state index < -0.39 is 23.6 Å². The van der Waals surface area contributed by atoms with Gasteiger partial charge in [0.1, 0.15) is 6.04 Å². The van der Waals surface area contributed by atoms with E-state index in [-0.39, 0.29) is 0 Å². The fourth-order valence-corrected chi connectivity index (χ4v) is 1.66. The molecule has 0 aliphatic heterocycles. The Kier molecular flexibility index (Phi) is 3.28. The number of benzene rings is 1. The monoisotopic (exact) mass is 239 g/mol. The van der Waals surface area contributed by atoms with Gasteiger partial charge in [-0.05, 0) is 43.0 Å². The van der Waals surface area contributed by atoms with Crippen molar-refractivity contribution in [2.75, 3.05) is 6.54 Å². The summed E-state index contributed by atoms with van der Waals surface area (Å²) in [6, 6.07) is 2.70. The van der Waals surface area contributed by atoms with Gasteiger partial charge in [0.25, 0.3) is 0 Å². The first kappa shape index (κ1) is 11.9. The van der Waals surface area contributed by atoms with Gasteiger partial charge in [-0.3, -0.25) is 4.79 Å². The van der Waals surface area contributed by atoms with E-state index >= 15 is 0 Å². The van der Waals surface area contributed by atoms with Crippen LogP contribution >= 0.6 is 0 Å². The van der Waals surface area contributed by atoms with E-state index in [9.17, 15) is 9.18 Å². The van der Waals surface area contributed by atoms with Crippen LogP contribution in [-0.2, 0) is 4.79 Å². The topological polar surface area (TPSA) is 69.6 Å². The van der Waals surface area contributed by atoms with Gasteiger partial charge in [0.15, 0.2) is 11.6 Å². The maximum absolute atomic E-state index is 13.1. The van der Waals surface area contributed by atoms with Gasteiger partial charge in [-0.15, -0.1) is 0 Å². The number of rotatable bonds is 5. The van der Waals surface area contributed by atoms with Gasteiger partial charge in [-0.2, -0.15) is 0 Å². The van der Waals surface area contributed by atoms with Crippen molar-refractivity contribution in [3.05, 3.63) is 29.6 Å². The van der Waals surface area contributed by atoms with Crippen molar-refractivity contribution >= 4 is 5.97 Å². The van der Waals surface area contributed by atoms with Crippen molar-refractivity contribution in [3.63, 3.8) is 0 Å². The van der Waals surface area contributed by atoms with Crippen molar-refractivity contribution in [2.24, 2.45) is 5.92 Å². The highest BCUT2D eigenvalue weighted by Crippen LogP contribution is 2.29. The number of nitrogens with one attached hydrogen (secondary N) is 1. The molecule has 0 bridgehead atoms. The molecule has 1 aliphatic carbocycles. The summed E-state index contributed by atoms with van der Waals surface area (Å²) < 4.78 is 13.1. The number of carbonyl (C=O) groups is 1. The molecule has 0 saturated heterocycles. The zero-order valence-corrected chi connectivity index (χ0v) is 9.19. The lowest BCUT2D eigenvalue weighted by Gasteiger charge is -2.14. The van der Waals surface area contributed by atoms with E-state index in [4.69, 9.17) is 10.2 Å². The van der Waals surface area contributed by atoms with Gasteiger partial charge >= 0.3 is 5.97 Å². The molecule has 1 atom stereocenters. The maximum Gasteiger partial charge on any atom is 0.325 e. The van der Waals surface area contributed by atoms with Crippen LogP contribution in [0, 0.1) is 11.7 Å². The predicted molar refractivity (Wildman–Crippen MR) is 59.2 cm³/mol. The van der Waals surface area contributed by atoms with Gasteiger partial charge < -0.3 is 15.5 Å². The Hall–Kier alpha value is -1.62. The quantitative estimate of drug-likeness (QED) is 0.730. The van der Waals surface area contributed by atoms with Crippen LogP contribution in [-0.4, -0.2) is 22.7 Å². The van der Waals surface area contributed by atoms with Crippen LogP contribution < -0.4 is 5.32 Å². The second-order valence-electron chi connectivity index (χ2n) is 4.33. The third-order valence-corrected chi connectivity index (χ3v) is 2.86. The lowest BCUT2D eigenvalue weighted by Crippen LogP contribution is -2.30. The van der Waals surface area contributed by atoms with Crippen LogP contribution in [0.1, 0.15) is 24.4 Å². The van der Waals surface area contributed by atoms with Crippen LogP contribution in [0.2, 0.25) is 0 Å². The lowest BCUT2D eigenvalue weighted by molar-refractivity contribution is -0.139. The molecule has 5 heteroatoms. The smallest absolute Gasteiger partial charge is 0.325 e. The van der Waals surface area contributed by atoms with E-state index in [1.54, 1.807) is 0 Å². The minimum absolute atomic E-state index is 0.313. The zero-order valence-electron chi connectivity index (χ0n) is 9.19. The maximum atomic E-state index is 13.1. The largest absolute Gasteiger partial charge is 0.505 e. The van der Waals surface area contributed by atoms with Crippen LogP contribution in [0.5, 0.6) is 5.75 Å². The molecule has 1 aliphatic rings. The van der Waals surface area contributed by atoms with Crippen LogP contribution in [0.3, 0.4) is 0 Å². The highest BCUT2D eigenvalue weighted by atomic mass is 19.1. The van der Waals surface area contributed by atoms with E-state index in [0.29, 0.717) is 18.0 Å². The molecule has 1 aromatic carbocycles. The average Bonchev–Trinajstić information content (AvgIpc) is 3.07. The van der Waals surface area contributed by atoms with E-state index in [2.05, 4.69) is 5.32 Å². The molecular weight excluding hydrogens is 225 g/mol. The summed E-state index contributed by atoms with van der Waals surface area (Å²) in [4.78, 5) is 11.1. The summed E-state index contributed by atoms with van der Waals surface area (Å²) in [7, 11) is 0. The van der Waals surface area contributed by atoms with Crippen LogP contribution in [0.25, 0.3) is 0 Å². The first-order chi connectivity index (χ1) is 8.08. The standard InChI is InChI=1S/C12H14FNO3/c13-9-5-8(3-4-10(9)15)11(12(16)17)14-6-7-1-2-7/h3-5,7,11,14-15H,1-2,6H2,(H,16,17). The summed E-state index contributed by atoms with van der Waals surface area (Å²) in [6.45, 7) is 0.624. The van der Waals surface area contributed by atoms with Crippen molar-refractivity contribution in [3.8, 4) is 5.75 Å². The molecule has 17 heavy (non-hydrogen) atoms. The van der Waals surface area contributed by atoms with Crippen molar-refractivity contribution in [1.82, 2.24) is 5.32 Å². The minimum Gasteiger partial charge on any atom is -0.505 e. The molecule has 92 valence electrons. The summed E-state index contributed by atoms with van der Waals surface area (Å²) in [5, 5.41) is 21.0. The second-order valence-corrected chi connectivity index (χ2v) is 4.33. The fraction of sp³-hybridized carbons (Fsp3) is 0.417. The first-order valence-electron chi connectivity index (χ1n) is 5.52. The van der Waals surface area contributed by atoms with Crippen molar-refractivity contribution in [1.29, 1.82) is 0 Å². The Morgan fingerprint density at radius 2 is 2.24 bits per heavy atom. The van der Waals surface area contributed by atoms with E-state index in [0.717, 1.165) is 18.9 Å². The Labute approximate surface area is 98.1 Å². The SMILES string of the molecule is O=C(O)C(NCC1CC1)c1ccc(O)c(F)c1. The lowest BCUT2D eigenvalue weighted by atomic mass is 10.1.